The highest BCUT2D eigenvalue weighted by Crippen LogP contribution is 2.31. The number of benzene rings is 1. The summed E-state index contributed by atoms with van der Waals surface area (Å²) >= 11 is 0. The second-order valence-electron chi connectivity index (χ2n) is 5.37. The Labute approximate surface area is 146 Å². The summed E-state index contributed by atoms with van der Waals surface area (Å²) in [4.78, 5) is 19.8. The molecule has 0 fully saturated rings. The van der Waals surface area contributed by atoms with Crippen LogP contribution in [0.3, 0.4) is 0 Å². The van der Waals surface area contributed by atoms with Crippen molar-refractivity contribution in [2.24, 2.45) is 0 Å². The zero-order valence-electron chi connectivity index (χ0n) is 13.4. The lowest BCUT2D eigenvalue weighted by molar-refractivity contribution is -0.147. The van der Waals surface area contributed by atoms with Gasteiger partial charge in [0.1, 0.15) is 6.54 Å². The third-order valence-electron chi connectivity index (χ3n) is 3.54. The van der Waals surface area contributed by atoms with Crippen LogP contribution in [0.15, 0.2) is 55.2 Å². The summed E-state index contributed by atoms with van der Waals surface area (Å²) < 4.78 is 40.5. The molecular formula is C17H14F3N5O. The third kappa shape index (κ3) is 3.66. The molecule has 0 radical (unpaired) electrons. The van der Waals surface area contributed by atoms with Crippen molar-refractivity contribution in [1.29, 1.82) is 0 Å². The van der Waals surface area contributed by atoms with Gasteiger partial charge in [-0.3, -0.25) is 20.6 Å². The molecule has 6 nitrogen and oxygen atoms in total. The van der Waals surface area contributed by atoms with Gasteiger partial charge >= 0.3 is 6.18 Å². The SMILES string of the molecule is C=C(NNC(=O)Cn1c(C(F)(F)F)nc2ccccc21)c1ccccn1. The zero-order valence-corrected chi connectivity index (χ0v) is 13.4. The molecule has 0 bridgehead atoms. The molecule has 3 rings (SSSR count). The van der Waals surface area contributed by atoms with E-state index in [1.165, 1.54) is 12.1 Å². The Bertz CT molecular complexity index is 950. The summed E-state index contributed by atoms with van der Waals surface area (Å²) in [5, 5.41) is 0. The Balaban J connectivity index is 1.76. The molecule has 3 aromatic rings. The minimum absolute atomic E-state index is 0.165. The van der Waals surface area contributed by atoms with Crippen molar-refractivity contribution < 1.29 is 18.0 Å². The first-order chi connectivity index (χ1) is 12.4. The van der Waals surface area contributed by atoms with Gasteiger partial charge in [-0.2, -0.15) is 13.2 Å². The number of halogens is 3. The number of carbonyl (C=O) groups excluding carboxylic acids is 1. The maximum atomic E-state index is 13.2. The van der Waals surface area contributed by atoms with Crippen molar-refractivity contribution >= 4 is 22.6 Å². The molecule has 0 saturated heterocycles. The topological polar surface area (TPSA) is 71.8 Å². The van der Waals surface area contributed by atoms with Crippen molar-refractivity contribution in [3.8, 4) is 0 Å². The van der Waals surface area contributed by atoms with Crippen molar-refractivity contribution in [3.63, 3.8) is 0 Å². The smallest absolute Gasteiger partial charge is 0.311 e. The predicted molar refractivity (Wildman–Crippen MR) is 89.3 cm³/mol. The number of hydrazine groups is 1. The van der Waals surface area contributed by atoms with Crippen LogP contribution in [0.2, 0.25) is 0 Å². The number of imidazole rings is 1. The van der Waals surface area contributed by atoms with Crippen LogP contribution in [0.4, 0.5) is 13.2 Å². The number of para-hydroxylation sites is 2. The van der Waals surface area contributed by atoms with Gasteiger partial charge in [0.15, 0.2) is 0 Å². The van der Waals surface area contributed by atoms with E-state index in [2.05, 4.69) is 27.4 Å². The van der Waals surface area contributed by atoms with Crippen LogP contribution in [-0.2, 0) is 17.5 Å². The van der Waals surface area contributed by atoms with Crippen molar-refractivity contribution in [2.45, 2.75) is 12.7 Å². The largest absolute Gasteiger partial charge is 0.449 e. The maximum Gasteiger partial charge on any atom is 0.449 e. The number of carbonyl (C=O) groups is 1. The number of alkyl halides is 3. The normalized spacial score (nSPS) is 11.3. The molecule has 1 amide bonds. The standard InChI is InChI=1S/C17H14F3N5O/c1-11(12-6-4-5-9-21-12)23-24-15(26)10-25-14-8-3-2-7-13(14)22-16(25)17(18,19)20/h2-9,23H,1,10H2,(H,24,26). The van der Waals surface area contributed by atoms with Gasteiger partial charge in [0.05, 0.1) is 22.4 Å². The minimum atomic E-state index is -4.68. The summed E-state index contributed by atoms with van der Waals surface area (Å²) in [7, 11) is 0. The average molecular weight is 361 g/mol. The van der Waals surface area contributed by atoms with Gasteiger partial charge in [0.2, 0.25) is 5.82 Å². The summed E-state index contributed by atoms with van der Waals surface area (Å²) in [6.45, 7) is 3.16. The van der Waals surface area contributed by atoms with Gasteiger partial charge < -0.3 is 4.57 Å². The van der Waals surface area contributed by atoms with Gasteiger partial charge in [-0.15, -0.1) is 0 Å². The number of rotatable bonds is 5. The molecule has 2 aromatic heterocycles. The van der Waals surface area contributed by atoms with Crippen LogP contribution in [0.5, 0.6) is 0 Å². The van der Waals surface area contributed by atoms with E-state index in [0.717, 1.165) is 4.57 Å². The molecule has 26 heavy (non-hydrogen) atoms. The Morgan fingerprint density at radius 1 is 1.12 bits per heavy atom. The van der Waals surface area contributed by atoms with Crippen molar-refractivity contribution in [2.75, 3.05) is 0 Å². The van der Waals surface area contributed by atoms with Crippen molar-refractivity contribution in [1.82, 2.24) is 25.4 Å². The summed E-state index contributed by atoms with van der Waals surface area (Å²) in [5.74, 6) is -1.81. The number of nitrogens with one attached hydrogen (secondary N) is 2. The first-order valence-electron chi connectivity index (χ1n) is 7.54. The molecule has 2 N–H and O–H groups in total. The van der Waals surface area contributed by atoms with Crippen LogP contribution in [-0.4, -0.2) is 20.4 Å². The summed E-state index contributed by atoms with van der Waals surface area (Å²) in [6.07, 6.45) is -3.12. The fourth-order valence-electron chi connectivity index (χ4n) is 2.39. The Hall–Kier alpha value is -3.36. The van der Waals surface area contributed by atoms with E-state index in [-0.39, 0.29) is 11.0 Å². The Kier molecular flexibility index (Phi) is 4.61. The van der Waals surface area contributed by atoms with E-state index in [9.17, 15) is 18.0 Å². The molecule has 0 aliphatic carbocycles. The highest BCUT2D eigenvalue weighted by molar-refractivity contribution is 5.81. The first kappa shape index (κ1) is 17.5. The number of aromatic nitrogens is 3. The number of nitrogens with zero attached hydrogens (tertiary/aromatic N) is 3. The van der Waals surface area contributed by atoms with Crippen LogP contribution in [0.25, 0.3) is 16.7 Å². The summed E-state index contributed by atoms with van der Waals surface area (Å²) in [6, 6.07) is 11.2. The Morgan fingerprint density at radius 2 is 1.85 bits per heavy atom. The van der Waals surface area contributed by atoms with E-state index in [4.69, 9.17) is 0 Å². The molecule has 134 valence electrons. The highest BCUT2D eigenvalue weighted by atomic mass is 19.4. The zero-order chi connectivity index (χ0) is 18.7. The van der Waals surface area contributed by atoms with E-state index in [1.54, 1.807) is 36.5 Å². The maximum absolute atomic E-state index is 13.2. The van der Waals surface area contributed by atoms with E-state index >= 15 is 0 Å². The van der Waals surface area contributed by atoms with E-state index in [0.29, 0.717) is 11.4 Å². The van der Waals surface area contributed by atoms with E-state index in [1.807, 2.05) is 0 Å². The first-order valence-corrected chi connectivity index (χ1v) is 7.54. The second kappa shape index (κ2) is 6.87. The number of pyridine rings is 1. The molecule has 0 aliphatic heterocycles. The fraction of sp³-hybridized carbons (Fsp3) is 0.118. The minimum Gasteiger partial charge on any atom is -0.311 e. The monoisotopic (exact) mass is 361 g/mol. The fourth-order valence-corrected chi connectivity index (χ4v) is 2.39. The molecule has 1 aromatic carbocycles. The molecule has 9 heteroatoms. The Morgan fingerprint density at radius 3 is 2.54 bits per heavy atom. The van der Waals surface area contributed by atoms with Crippen LogP contribution >= 0.6 is 0 Å². The number of amides is 1. The lowest BCUT2D eigenvalue weighted by Gasteiger charge is -2.13. The molecule has 0 atom stereocenters. The van der Waals surface area contributed by atoms with Crippen LogP contribution in [0, 0.1) is 0 Å². The van der Waals surface area contributed by atoms with Crippen molar-refractivity contribution in [3.05, 3.63) is 66.8 Å². The van der Waals surface area contributed by atoms with Crippen LogP contribution in [0.1, 0.15) is 11.5 Å². The van der Waals surface area contributed by atoms with Gasteiger partial charge in [-0.25, -0.2) is 4.98 Å². The lowest BCUT2D eigenvalue weighted by atomic mass is 10.3. The molecule has 0 aliphatic rings. The molecular weight excluding hydrogens is 347 g/mol. The van der Waals surface area contributed by atoms with E-state index < -0.39 is 24.5 Å². The van der Waals surface area contributed by atoms with Crippen LogP contribution < -0.4 is 10.9 Å². The lowest BCUT2D eigenvalue weighted by Crippen LogP contribution is -2.38. The van der Waals surface area contributed by atoms with Gasteiger partial charge in [0, 0.05) is 6.20 Å². The van der Waals surface area contributed by atoms with Gasteiger partial charge in [-0.1, -0.05) is 24.8 Å². The molecule has 2 heterocycles. The molecule has 0 spiro atoms. The summed E-state index contributed by atoms with van der Waals surface area (Å²) in [5.41, 5.74) is 6.06. The van der Waals surface area contributed by atoms with Gasteiger partial charge in [0.25, 0.3) is 5.91 Å². The predicted octanol–water partition coefficient (Wildman–Crippen LogP) is 2.74. The number of hydrogen-bond acceptors (Lipinski definition) is 4. The number of fused-ring (bicyclic) bond motifs is 1. The average Bonchev–Trinajstić information content (AvgIpc) is 2.99. The number of hydrogen-bond donors (Lipinski definition) is 2. The third-order valence-corrected chi connectivity index (χ3v) is 3.54. The molecule has 0 saturated carbocycles. The molecule has 0 unspecified atom stereocenters. The second-order valence-corrected chi connectivity index (χ2v) is 5.37. The highest BCUT2D eigenvalue weighted by Gasteiger charge is 2.37. The quantitative estimate of drug-likeness (QED) is 0.686. The van der Waals surface area contributed by atoms with Gasteiger partial charge in [-0.05, 0) is 24.3 Å².